The molecule has 0 N–H and O–H groups in total. The third-order valence-corrected chi connectivity index (χ3v) is 6.22. The van der Waals surface area contributed by atoms with Crippen LogP contribution in [0.4, 0.5) is 0 Å². The predicted molar refractivity (Wildman–Crippen MR) is 113 cm³/mol. The van der Waals surface area contributed by atoms with Gasteiger partial charge in [0.1, 0.15) is 0 Å². The Labute approximate surface area is 171 Å². The van der Waals surface area contributed by atoms with Gasteiger partial charge in [-0.05, 0) is 72.9 Å². The van der Waals surface area contributed by atoms with Crippen molar-refractivity contribution in [3.8, 4) is 0 Å². The molecule has 28 heavy (non-hydrogen) atoms. The number of rotatable bonds is 4. The SMILES string of the molecule is CCC1CCC(c2ccc(C3=NC(=Cc4ccccc4Cl)C(=O)O3)cc2)CC1. The number of nitrogens with zero attached hydrogens (tertiary/aromatic N) is 1. The zero-order chi connectivity index (χ0) is 19.5. The van der Waals surface area contributed by atoms with Crippen molar-refractivity contribution in [1.29, 1.82) is 0 Å². The molecule has 0 unspecified atom stereocenters. The molecule has 2 aromatic rings. The molecule has 4 heteroatoms. The van der Waals surface area contributed by atoms with E-state index in [0.29, 0.717) is 16.8 Å². The van der Waals surface area contributed by atoms with E-state index in [1.54, 1.807) is 12.1 Å². The number of cyclic esters (lactones) is 1. The minimum atomic E-state index is -0.447. The van der Waals surface area contributed by atoms with Crippen LogP contribution < -0.4 is 0 Å². The highest BCUT2D eigenvalue weighted by Crippen LogP contribution is 2.37. The van der Waals surface area contributed by atoms with Gasteiger partial charge < -0.3 is 4.74 Å². The van der Waals surface area contributed by atoms with Gasteiger partial charge in [0, 0.05) is 10.6 Å². The molecule has 144 valence electrons. The zero-order valence-electron chi connectivity index (χ0n) is 16.0. The average molecular weight is 394 g/mol. The minimum Gasteiger partial charge on any atom is -0.402 e. The molecule has 0 saturated heterocycles. The van der Waals surface area contributed by atoms with Crippen molar-refractivity contribution in [1.82, 2.24) is 0 Å². The van der Waals surface area contributed by atoms with E-state index in [0.717, 1.165) is 17.0 Å². The maximum atomic E-state index is 12.2. The van der Waals surface area contributed by atoms with E-state index in [1.165, 1.54) is 37.7 Å². The Morgan fingerprint density at radius 3 is 2.46 bits per heavy atom. The van der Waals surface area contributed by atoms with Crippen LogP contribution in [0.1, 0.15) is 61.6 Å². The molecule has 0 amide bonds. The lowest BCUT2D eigenvalue weighted by Crippen LogP contribution is -2.13. The third kappa shape index (κ3) is 4.05. The van der Waals surface area contributed by atoms with Crippen LogP contribution in [0.2, 0.25) is 5.02 Å². The van der Waals surface area contributed by atoms with Gasteiger partial charge >= 0.3 is 5.97 Å². The third-order valence-electron chi connectivity index (χ3n) is 5.87. The van der Waals surface area contributed by atoms with Crippen LogP contribution in [0.15, 0.2) is 59.2 Å². The Kier molecular flexibility index (Phi) is 5.63. The normalized spacial score (nSPS) is 23.6. The standard InChI is InChI=1S/C24H24ClNO2/c1-2-16-7-9-17(10-8-16)18-11-13-19(14-12-18)23-26-22(24(27)28-23)15-20-5-3-4-6-21(20)25/h3-6,11-17H,2,7-10H2,1H3. The zero-order valence-corrected chi connectivity index (χ0v) is 16.8. The lowest BCUT2D eigenvalue weighted by Gasteiger charge is -2.28. The summed E-state index contributed by atoms with van der Waals surface area (Å²) in [6.45, 7) is 2.29. The molecule has 2 aromatic carbocycles. The summed E-state index contributed by atoms with van der Waals surface area (Å²) in [5.41, 5.74) is 3.21. The second kappa shape index (κ2) is 8.32. The average Bonchev–Trinajstić information content (AvgIpc) is 3.10. The fourth-order valence-electron chi connectivity index (χ4n) is 4.07. The first-order chi connectivity index (χ1) is 13.6. The van der Waals surface area contributed by atoms with E-state index in [1.807, 2.05) is 30.3 Å². The molecule has 3 nitrogen and oxygen atoms in total. The molecule has 0 bridgehead atoms. The molecule has 4 rings (SSSR count). The Bertz CT molecular complexity index is 922. The second-order valence-electron chi connectivity index (χ2n) is 7.61. The summed E-state index contributed by atoms with van der Waals surface area (Å²) in [4.78, 5) is 16.6. The van der Waals surface area contributed by atoms with Crippen LogP contribution in [0, 0.1) is 5.92 Å². The maximum Gasteiger partial charge on any atom is 0.363 e. The summed E-state index contributed by atoms with van der Waals surface area (Å²) in [7, 11) is 0. The van der Waals surface area contributed by atoms with Crippen molar-refractivity contribution in [3.63, 3.8) is 0 Å². The molecule has 1 fully saturated rings. The van der Waals surface area contributed by atoms with Gasteiger partial charge in [0.05, 0.1) is 0 Å². The quantitative estimate of drug-likeness (QED) is 0.447. The molecule has 1 aliphatic heterocycles. The molecule has 0 atom stereocenters. The Balaban J connectivity index is 1.50. The van der Waals surface area contributed by atoms with E-state index in [9.17, 15) is 4.79 Å². The molecule has 2 aliphatic rings. The molecular weight excluding hydrogens is 370 g/mol. The number of halogens is 1. The Hall–Kier alpha value is -2.39. The van der Waals surface area contributed by atoms with E-state index in [4.69, 9.17) is 16.3 Å². The summed E-state index contributed by atoms with van der Waals surface area (Å²) in [5.74, 6) is 1.44. The molecule has 1 saturated carbocycles. The minimum absolute atomic E-state index is 0.269. The molecular formula is C24H24ClNO2. The highest BCUT2D eigenvalue weighted by Gasteiger charge is 2.25. The number of carbonyl (C=O) groups excluding carboxylic acids is 1. The van der Waals surface area contributed by atoms with E-state index < -0.39 is 5.97 Å². The van der Waals surface area contributed by atoms with Gasteiger partial charge in [0.15, 0.2) is 5.70 Å². The highest BCUT2D eigenvalue weighted by molar-refractivity contribution is 6.32. The van der Waals surface area contributed by atoms with Gasteiger partial charge in [0.2, 0.25) is 5.90 Å². The predicted octanol–water partition coefficient (Wildman–Crippen LogP) is 6.37. The Morgan fingerprint density at radius 1 is 1.07 bits per heavy atom. The lowest BCUT2D eigenvalue weighted by atomic mass is 9.78. The monoisotopic (exact) mass is 393 g/mol. The van der Waals surface area contributed by atoms with E-state index in [2.05, 4.69) is 24.0 Å². The largest absolute Gasteiger partial charge is 0.402 e. The van der Waals surface area contributed by atoms with Crippen molar-refractivity contribution in [2.45, 2.75) is 44.9 Å². The maximum absolute atomic E-state index is 12.2. The van der Waals surface area contributed by atoms with Gasteiger partial charge in [0.25, 0.3) is 0 Å². The number of ether oxygens (including phenoxy) is 1. The molecule has 0 radical (unpaired) electrons. The number of benzene rings is 2. The van der Waals surface area contributed by atoms with Gasteiger partial charge in [-0.3, -0.25) is 0 Å². The number of esters is 1. The number of hydrogen-bond acceptors (Lipinski definition) is 3. The van der Waals surface area contributed by atoms with Crippen LogP contribution >= 0.6 is 11.6 Å². The summed E-state index contributed by atoms with van der Waals surface area (Å²) in [5, 5.41) is 0.577. The van der Waals surface area contributed by atoms with Crippen molar-refractivity contribution in [2.75, 3.05) is 0 Å². The highest BCUT2D eigenvalue weighted by atomic mass is 35.5. The van der Waals surface area contributed by atoms with Gasteiger partial charge in [-0.1, -0.05) is 55.3 Å². The van der Waals surface area contributed by atoms with E-state index in [-0.39, 0.29) is 5.70 Å². The van der Waals surface area contributed by atoms with Crippen LogP contribution in [-0.2, 0) is 9.53 Å². The number of carbonyl (C=O) groups is 1. The molecule has 1 aliphatic carbocycles. The van der Waals surface area contributed by atoms with Crippen molar-refractivity contribution < 1.29 is 9.53 Å². The lowest BCUT2D eigenvalue weighted by molar-refractivity contribution is -0.129. The topological polar surface area (TPSA) is 38.7 Å². The van der Waals surface area contributed by atoms with Gasteiger partial charge in [-0.15, -0.1) is 0 Å². The Morgan fingerprint density at radius 2 is 1.79 bits per heavy atom. The second-order valence-corrected chi connectivity index (χ2v) is 8.01. The summed E-state index contributed by atoms with van der Waals surface area (Å²) >= 11 is 6.17. The van der Waals surface area contributed by atoms with Crippen LogP contribution in [-0.4, -0.2) is 11.9 Å². The first kappa shape index (κ1) is 18.9. The van der Waals surface area contributed by atoms with Crippen molar-refractivity contribution >= 4 is 29.5 Å². The smallest absolute Gasteiger partial charge is 0.363 e. The van der Waals surface area contributed by atoms with Crippen LogP contribution in [0.3, 0.4) is 0 Å². The fraction of sp³-hybridized carbons (Fsp3) is 0.333. The van der Waals surface area contributed by atoms with Crippen LogP contribution in [0.5, 0.6) is 0 Å². The summed E-state index contributed by atoms with van der Waals surface area (Å²) in [6, 6.07) is 15.7. The fourth-order valence-corrected chi connectivity index (χ4v) is 4.26. The summed E-state index contributed by atoms with van der Waals surface area (Å²) in [6.07, 6.45) is 8.13. The van der Waals surface area contributed by atoms with Crippen molar-refractivity contribution in [3.05, 3.63) is 75.9 Å². The first-order valence-corrected chi connectivity index (χ1v) is 10.4. The molecule has 0 aromatic heterocycles. The van der Waals surface area contributed by atoms with Crippen molar-refractivity contribution in [2.24, 2.45) is 10.9 Å². The number of aliphatic imine (C=N–C) groups is 1. The number of hydrogen-bond donors (Lipinski definition) is 0. The first-order valence-electron chi connectivity index (χ1n) is 10.0. The summed E-state index contributed by atoms with van der Waals surface area (Å²) < 4.78 is 5.39. The van der Waals surface area contributed by atoms with Gasteiger partial charge in [-0.2, -0.15) is 0 Å². The van der Waals surface area contributed by atoms with Crippen LogP contribution in [0.25, 0.3) is 6.08 Å². The van der Waals surface area contributed by atoms with Gasteiger partial charge in [-0.25, -0.2) is 9.79 Å². The molecule has 0 spiro atoms. The van der Waals surface area contributed by atoms with E-state index >= 15 is 0 Å². The molecule has 1 heterocycles.